The average Bonchev–Trinajstić information content (AvgIpc) is 2.81. The second-order valence-electron chi connectivity index (χ2n) is 7.34. The molecule has 0 saturated carbocycles. The fourth-order valence-electron chi connectivity index (χ4n) is 3.26. The number of carbonyl (C=O) groups is 2. The summed E-state index contributed by atoms with van der Waals surface area (Å²) in [5.74, 6) is -1.87. The maximum atomic E-state index is 9.55. The summed E-state index contributed by atoms with van der Waals surface area (Å²) in [5, 5.41) is 20.2. The van der Waals surface area contributed by atoms with E-state index in [1.54, 1.807) is 18.2 Å². The predicted octanol–water partition coefficient (Wildman–Crippen LogP) is 4.51. The summed E-state index contributed by atoms with van der Waals surface area (Å²) >= 11 is 12.4. The van der Waals surface area contributed by atoms with Gasteiger partial charge < -0.3 is 25.2 Å². The van der Waals surface area contributed by atoms with Crippen molar-refractivity contribution in [3.8, 4) is 5.75 Å². The molecule has 1 atom stereocenters. The SMILES string of the molecule is Clc1ccc(Cl)c(OC(CCCN2CCNCC2)c2ccccc2)c1.O=C(O)/C=C/C(=O)O. The molecule has 2 aromatic rings. The van der Waals surface area contributed by atoms with E-state index < -0.39 is 11.9 Å². The van der Waals surface area contributed by atoms with Crippen LogP contribution in [-0.2, 0) is 9.59 Å². The van der Waals surface area contributed by atoms with Gasteiger partial charge in [-0.1, -0.05) is 53.5 Å². The largest absolute Gasteiger partial charge is 0.484 e. The highest BCUT2D eigenvalue weighted by molar-refractivity contribution is 6.34. The number of ether oxygens (including phenoxy) is 1. The monoisotopic (exact) mass is 494 g/mol. The summed E-state index contributed by atoms with van der Waals surface area (Å²) in [5.41, 5.74) is 1.17. The number of carboxylic acids is 2. The lowest BCUT2D eigenvalue weighted by Crippen LogP contribution is -2.43. The summed E-state index contributed by atoms with van der Waals surface area (Å²) in [6.07, 6.45) is 3.11. The molecular formula is C24H28Cl2N2O5. The van der Waals surface area contributed by atoms with Crippen LogP contribution in [0.3, 0.4) is 0 Å². The number of benzene rings is 2. The first-order valence-corrected chi connectivity index (χ1v) is 11.3. The molecule has 1 saturated heterocycles. The minimum atomic E-state index is -1.26. The van der Waals surface area contributed by atoms with Crippen LogP contribution in [0.25, 0.3) is 0 Å². The first kappa shape index (κ1) is 26.7. The quantitative estimate of drug-likeness (QED) is 0.441. The van der Waals surface area contributed by atoms with Crippen molar-refractivity contribution in [2.75, 3.05) is 32.7 Å². The molecule has 1 fully saturated rings. The Hall–Kier alpha value is -2.58. The first-order chi connectivity index (χ1) is 15.8. The van der Waals surface area contributed by atoms with Crippen LogP contribution in [0.4, 0.5) is 0 Å². The van der Waals surface area contributed by atoms with Crippen LogP contribution in [0.2, 0.25) is 10.0 Å². The van der Waals surface area contributed by atoms with Crippen LogP contribution in [0.1, 0.15) is 24.5 Å². The molecule has 3 rings (SSSR count). The second-order valence-corrected chi connectivity index (χ2v) is 8.18. The molecule has 1 heterocycles. The minimum absolute atomic E-state index is 0.0277. The number of nitrogens with zero attached hydrogens (tertiary/aromatic N) is 1. The molecule has 0 aromatic heterocycles. The normalized spacial score (nSPS) is 14.8. The summed E-state index contributed by atoms with van der Waals surface area (Å²) in [4.78, 5) is 21.6. The molecule has 0 spiro atoms. The zero-order chi connectivity index (χ0) is 24.1. The summed E-state index contributed by atoms with van der Waals surface area (Å²) in [6, 6.07) is 15.7. The number of halogens is 2. The highest BCUT2D eigenvalue weighted by Gasteiger charge is 2.17. The number of aliphatic carboxylic acids is 2. The van der Waals surface area contributed by atoms with Crippen molar-refractivity contribution in [3.05, 3.63) is 76.3 Å². The summed E-state index contributed by atoms with van der Waals surface area (Å²) in [7, 11) is 0. The van der Waals surface area contributed by atoms with Crippen molar-refractivity contribution < 1.29 is 24.5 Å². The van der Waals surface area contributed by atoms with Gasteiger partial charge in [0.05, 0.1) is 5.02 Å². The van der Waals surface area contributed by atoms with Crippen LogP contribution < -0.4 is 10.1 Å². The molecule has 1 unspecified atom stereocenters. The number of hydrogen-bond donors (Lipinski definition) is 3. The molecule has 9 heteroatoms. The van der Waals surface area contributed by atoms with Gasteiger partial charge in [-0.15, -0.1) is 0 Å². The standard InChI is InChI=1S/C20H24Cl2N2O.C4H4O4/c21-17-8-9-18(22)20(15-17)25-19(16-5-2-1-3-6-16)7-4-12-24-13-10-23-11-14-24;5-3(6)1-2-4(7)8/h1-3,5-6,8-9,15,19,23H,4,7,10-14H2;1-2H,(H,5,6)(H,7,8)/b;2-1+. The van der Waals surface area contributed by atoms with E-state index in [2.05, 4.69) is 22.3 Å². The molecule has 178 valence electrons. The highest BCUT2D eigenvalue weighted by Crippen LogP contribution is 2.33. The number of piperazine rings is 1. The molecule has 0 amide bonds. The molecule has 0 radical (unpaired) electrons. The minimum Gasteiger partial charge on any atom is -0.484 e. The molecule has 0 aliphatic carbocycles. The van der Waals surface area contributed by atoms with Crippen molar-refractivity contribution in [2.45, 2.75) is 18.9 Å². The van der Waals surface area contributed by atoms with Gasteiger partial charge in [0.1, 0.15) is 11.9 Å². The predicted molar refractivity (Wildman–Crippen MR) is 129 cm³/mol. The molecule has 3 N–H and O–H groups in total. The van der Waals surface area contributed by atoms with E-state index in [1.807, 2.05) is 18.2 Å². The van der Waals surface area contributed by atoms with Gasteiger partial charge in [-0.05, 0) is 37.1 Å². The fraction of sp³-hybridized carbons (Fsp3) is 0.333. The van der Waals surface area contributed by atoms with Gasteiger partial charge in [0.25, 0.3) is 0 Å². The first-order valence-electron chi connectivity index (χ1n) is 10.6. The van der Waals surface area contributed by atoms with Crippen LogP contribution in [-0.4, -0.2) is 59.8 Å². The van der Waals surface area contributed by atoms with Gasteiger partial charge in [0.2, 0.25) is 0 Å². The number of rotatable bonds is 9. The topological polar surface area (TPSA) is 99.1 Å². The Balaban J connectivity index is 0.000000414. The fourth-order valence-corrected chi connectivity index (χ4v) is 3.58. The smallest absolute Gasteiger partial charge is 0.328 e. The highest BCUT2D eigenvalue weighted by atomic mass is 35.5. The van der Waals surface area contributed by atoms with Crippen molar-refractivity contribution in [3.63, 3.8) is 0 Å². The van der Waals surface area contributed by atoms with Gasteiger partial charge >= 0.3 is 11.9 Å². The van der Waals surface area contributed by atoms with Gasteiger partial charge in [0, 0.05) is 49.4 Å². The van der Waals surface area contributed by atoms with E-state index in [4.69, 9.17) is 38.2 Å². The van der Waals surface area contributed by atoms with Crippen molar-refractivity contribution in [1.29, 1.82) is 0 Å². The average molecular weight is 495 g/mol. The maximum Gasteiger partial charge on any atom is 0.328 e. The second kappa shape index (κ2) is 14.5. The van der Waals surface area contributed by atoms with Crippen molar-refractivity contribution in [2.24, 2.45) is 0 Å². The molecule has 7 nitrogen and oxygen atoms in total. The lowest BCUT2D eigenvalue weighted by atomic mass is 10.0. The molecular weight excluding hydrogens is 467 g/mol. The lowest BCUT2D eigenvalue weighted by molar-refractivity contribution is -0.134. The Morgan fingerprint density at radius 1 is 1.03 bits per heavy atom. The Kier molecular flexibility index (Phi) is 11.8. The molecule has 2 aromatic carbocycles. The zero-order valence-electron chi connectivity index (χ0n) is 18.1. The zero-order valence-corrected chi connectivity index (χ0v) is 19.6. The molecule has 0 bridgehead atoms. The van der Waals surface area contributed by atoms with Crippen LogP contribution >= 0.6 is 23.2 Å². The summed E-state index contributed by atoms with van der Waals surface area (Å²) < 4.78 is 6.25. The van der Waals surface area contributed by atoms with Gasteiger partial charge in [-0.25, -0.2) is 9.59 Å². The van der Waals surface area contributed by atoms with Crippen LogP contribution in [0.15, 0.2) is 60.7 Å². The Morgan fingerprint density at radius 3 is 2.27 bits per heavy atom. The third-order valence-electron chi connectivity index (χ3n) is 4.85. The van der Waals surface area contributed by atoms with Gasteiger partial charge in [-0.3, -0.25) is 0 Å². The summed E-state index contributed by atoms with van der Waals surface area (Å²) in [6.45, 7) is 5.50. The Labute approximate surface area is 203 Å². The van der Waals surface area contributed by atoms with Gasteiger partial charge in [-0.2, -0.15) is 0 Å². The number of carboxylic acid groups (broad SMARTS) is 2. The van der Waals surface area contributed by atoms with Crippen LogP contribution in [0, 0.1) is 0 Å². The molecule has 1 aliphatic heterocycles. The van der Waals surface area contributed by atoms with E-state index in [0.29, 0.717) is 27.9 Å². The number of nitrogens with one attached hydrogen (secondary N) is 1. The molecule has 33 heavy (non-hydrogen) atoms. The third kappa shape index (κ3) is 10.7. The number of hydrogen-bond acceptors (Lipinski definition) is 5. The van der Waals surface area contributed by atoms with E-state index in [1.165, 1.54) is 5.56 Å². The Bertz CT molecular complexity index is 902. The lowest BCUT2D eigenvalue weighted by Gasteiger charge is -2.28. The van der Waals surface area contributed by atoms with Crippen molar-refractivity contribution >= 4 is 35.1 Å². The van der Waals surface area contributed by atoms with Crippen LogP contribution in [0.5, 0.6) is 5.75 Å². The van der Waals surface area contributed by atoms with E-state index >= 15 is 0 Å². The Morgan fingerprint density at radius 2 is 1.67 bits per heavy atom. The third-order valence-corrected chi connectivity index (χ3v) is 5.40. The van der Waals surface area contributed by atoms with E-state index in [9.17, 15) is 9.59 Å². The molecule has 1 aliphatic rings. The van der Waals surface area contributed by atoms with E-state index in [0.717, 1.165) is 45.6 Å². The van der Waals surface area contributed by atoms with Gasteiger partial charge in [0.15, 0.2) is 0 Å². The van der Waals surface area contributed by atoms with E-state index in [-0.39, 0.29) is 6.10 Å². The maximum absolute atomic E-state index is 9.55. The van der Waals surface area contributed by atoms with Crippen molar-refractivity contribution in [1.82, 2.24) is 10.2 Å².